The van der Waals surface area contributed by atoms with Gasteiger partial charge in [0.1, 0.15) is 0 Å². The van der Waals surface area contributed by atoms with E-state index in [4.69, 9.17) is 0 Å². The van der Waals surface area contributed by atoms with Crippen LogP contribution in [0.1, 0.15) is 40.5 Å². The Balaban J connectivity index is 0. The zero-order chi connectivity index (χ0) is 13.3. The van der Waals surface area contributed by atoms with Gasteiger partial charge in [-0.05, 0) is 27.2 Å². The van der Waals surface area contributed by atoms with E-state index in [-0.39, 0.29) is 35.4 Å². The van der Waals surface area contributed by atoms with E-state index in [1.54, 1.807) is 7.05 Å². The van der Waals surface area contributed by atoms with Crippen LogP contribution in [0, 0.1) is 0 Å². The Labute approximate surface area is 128 Å². The van der Waals surface area contributed by atoms with Gasteiger partial charge in [-0.15, -0.1) is 24.0 Å². The number of hydrogen-bond donors (Lipinski definition) is 3. The summed E-state index contributed by atoms with van der Waals surface area (Å²) in [5, 5.41) is 9.17. The second kappa shape index (κ2) is 10.4. The Morgan fingerprint density at radius 2 is 1.78 bits per heavy atom. The molecule has 0 aromatic heterocycles. The summed E-state index contributed by atoms with van der Waals surface area (Å²) in [5.41, 5.74) is -0.0354. The monoisotopic (exact) mass is 370 g/mol. The number of amides is 1. The van der Waals surface area contributed by atoms with Crippen molar-refractivity contribution in [1.29, 1.82) is 0 Å². The maximum atomic E-state index is 11.3. The van der Waals surface area contributed by atoms with Crippen molar-refractivity contribution in [3.63, 3.8) is 0 Å². The maximum Gasteiger partial charge on any atom is 0.221 e. The van der Waals surface area contributed by atoms with Crippen LogP contribution in [-0.4, -0.2) is 37.5 Å². The van der Waals surface area contributed by atoms with Gasteiger partial charge in [0.15, 0.2) is 5.96 Å². The van der Waals surface area contributed by atoms with Gasteiger partial charge in [0.05, 0.1) is 0 Å². The Kier molecular flexibility index (Phi) is 11.4. The molecule has 108 valence electrons. The first kappa shape index (κ1) is 19.8. The molecule has 0 saturated heterocycles. The Morgan fingerprint density at radius 3 is 2.22 bits per heavy atom. The average Bonchev–Trinajstić information content (AvgIpc) is 2.23. The van der Waals surface area contributed by atoms with Crippen molar-refractivity contribution in [3.8, 4) is 0 Å². The highest BCUT2D eigenvalue weighted by atomic mass is 127. The number of carbonyl (C=O) groups is 1. The van der Waals surface area contributed by atoms with Crippen molar-refractivity contribution < 1.29 is 4.79 Å². The van der Waals surface area contributed by atoms with Crippen LogP contribution in [0.3, 0.4) is 0 Å². The zero-order valence-corrected chi connectivity index (χ0v) is 14.4. The van der Waals surface area contributed by atoms with Gasteiger partial charge in [-0.1, -0.05) is 6.92 Å². The molecule has 0 aliphatic carbocycles. The number of guanidine groups is 1. The molecule has 0 aliphatic heterocycles. The fraction of sp³-hybridized carbons (Fsp3) is 0.833. The Hall–Kier alpha value is -0.530. The third-order valence-corrected chi connectivity index (χ3v) is 1.93. The lowest BCUT2D eigenvalue weighted by Gasteiger charge is -2.23. The molecule has 0 bridgehead atoms. The van der Waals surface area contributed by atoms with Crippen LogP contribution >= 0.6 is 24.0 Å². The van der Waals surface area contributed by atoms with Gasteiger partial charge in [-0.25, -0.2) is 0 Å². The molecule has 0 fully saturated rings. The van der Waals surface area contributed by atoms with Gasteiger partial charge in [0.2, 0.25) is 5.91 Å². The molecule has 0 rings (SSSR count). The third kappa shape index (κ3) is 11.9. The van der Waals surface area contributed by atoms with Crippen LogP contribution in [-0.2, 0) is 4.79 Å². The third-order valence-electron chi connectivity index (χ3n) is 1.93. The van der Waals surface area contributed by atoms with E-state index in [1.807, 2.05) is 6.92 Å². The molecular formula is C12H27IN4O. The second-order valence-electron chi connectivity index (χ2n) is 4.97. The molecular weight excluding hydrogens is 343 g/mol. The Morgan fingerprint density at radius 1 is 1.17 bits per heavy atom. The molecule has 0 aliphatic rings. The van der Waals surface area contributed by atoms with E-state index >= 15 is 0 Å². The highest BCUT2D eigenvalue weighted by molar-refractivity contribution is 14.0. The lowest BCUT2D eigenvalue weighted by molar-refractivity contribution is -0.120. The molecule has 0 saturated carbocycles. The van der Waals surface area contributed by atoms with Crippen LogP contribution < -0.4 is 16.0 Å². The lowest BCUT2D eigenvalue weighted by Crippen LogP contribution is -2.48. The molecule has 0 radical (unpaired) electrons. The fourth-order valence-corrected chi connectivity index (χ4v) is 1.18. The van der Waals surface area contributed by atoms with Gasteiger partial charge in [0, 0.05) is 32.1 Å². The molecule has 0 spiro atoms. The standard InChI is InChI=1S/C12H26N4O.HI/c1-6-8-14-10(17)7-9-15-11(13-5)16-12(2,3)4;/h6-9H2,1-5H3,(H,14,17)(H2,13,15,16);1H. The SMILES string of the molecule is CCCNC(=O)CCNC(=NC)NC(C)(C)C.I. The van der Waals surface area contributed by atoms with Gasteiger partial charge in [-0.2, -0.15) is 0 Å². The minimum Gasteiger partial charge on any atom is -0.356 e. The molecule has 18 heavy (non-hydrogen) atoms. The summed E-state index contributed by atoms with van der Waals surface area (Å²) in [4.78, 5) is 15.4. The molecule has 0 unspecified atom stereocenters. The number of halogens is 1. The topological polar surface area (TPSA) is 65.5 Å². The van der Waals surface area contributed by atoms with Crippen molar-refractivity contribution in [2.75, 3.05) is 20.1 Å². The van der Waals surface area contributed by atoms with Crippen molar-refractivity contribution >= 4 is 35.8 Å². The predicted octanol–water partition coefficient (Wildman–Crippen LogP) is 1.48. The quantitative estimate of drug-likeness (QED) is 0.390. The number of carbonyl (C=O) groups excluding carboxylic acids is 1. The Bertz CT molecular complexity index is 261. The summed E-state index contributed by atoms with van der Waals surface area (Å²) in [5.74, 6) is 0.798. The van der Waals surface area contributed by atoms with E-state index in [0.29, 0.717) is 13.0 Å². The minimum absolute atomic E-state index is 0. The first-order chi connectivity index (χ1) is 7.89. The predicted molar refractivity (Wildman–Crippen MR) is 87.6 cm³/mol. The van der Waals surface area contributed by atoms with Crippen molar-refractivity contribution in [2.45, 2.75) is 46.1 Å². The highest BCUT2D eigenvalue weighted by Crippen LogP contribution is 1.97. The van der Waals surface area contributed by atoms with Crippen LogP contribution in [0.25, 0.3) is 0 Å². The van der Waals surface area contributed by atoms with Crippen LogP contribution in [0.2, 0.25) is 0 Å². The van der Waals surface area contributed by atoms with Gasteiger partial charge >= 0.3 is 0 Å². The summed E-state index contributed by atoms with van der Waals surface area (Å²) in [6.07, 6.45) is 1.43. The summed E-state index contributed by atoms with van der Waals surface area (Å²) < 4.78 is 0. The maximum absolute atomic E-state index is 11.3. The summed E-state index contributed by atoms with van der Waals surface area (Å²) in [6.45, 7) is 9.56. The van der Waals surface area contributed by atoms with Gasteiger partial charge in [0.25, 0.3) is 0 Å². The van der Waals surface area contributed by atoms with Crippen LogP contribution in [0.5, 0.6) is 0 Å². The van der Waals surface area contributed by atoms with E-state index in [2.05, 4.69) is 41.7 Å². The first-order valence-electron chi connectivity index (χ1n) is 6.14. The van der Waals surface area contributed by atoms with Crippen LogP contribution in [0.4, 0.5) is 0 Å². The fourth-order valence-electron chi connectivity index (χ4n) is 1.18. The largest absolute Gasteiger partial charge is 0.356 e. The highest BCUT2D eigenvalue weighted by Gasteiger charge is 2.11. The molecule has 0 atom stereocenters. The molecule has 0 aromatic carbocycles. The summed E-state index contributed by atoms with van der Waals surface area (Å²) in [6, 6.07) is 0. The second-order valence-corrected chi connectivity index (χ2v) is 4.97. The van der Waals surface area contributed by atoms with Crippen molar-refractivity contribution in [3.05, 3.63) is 0 Å². The van der Waals surface area contributed by atoms with Crippen LogP contribution in [0.15, 0.2) is 4.99 Å². The number of rotatable bonds is 5. The van der Waals surface area contributed by atoms with E-state index < -0.39 is 0 Å². The van der Waals surface area contributed by atoms with Crippen molar-refractivity contribution in [1.82, 2.24) is 16.0 Å². The normalized spacial score (nSPS) is 11.5. The molecule has 3 N–H and O–H groups in total. The van der Waals surface area contributed by atoms with E-state index in [9.17, 15) is 4.79 Å². The number of nitrogens with zero attached hydrogens (tertiary/aromatic N) is 1. The lowest BCUT2D eigenvalue weighted by atomic mass is 10.1. The molecule has 0 heterocycles. The van der Waals surface area contributed by atoms with E-state index in [1.165, 1.54) is 0 Å². The molecule has 1 amide bonds. The molecule has 5 nitrogen and oxygen atoms in total. The van der Waals surface area contributed by atoms with Gasteiger partial charge < -0.3 is 16.0 Å². The number of nitrogens with one attached hydrogen (secondary N) is 3. The number of aliphatic imine (C=N–C) groups is 1. The van der Waals surface area contributed by atoms with E-state index in [0.717, 1.165) is 18.9 Å². The minimum atomic E-state index is -0.0354. The number of hydrogen-bond acceptors (Lipinski definition) is 2. The summed E-state index contributed by atoms with van der Waals surface area (Å²) >= 11 is 0. The van der Waals surface area contributed by atoms with Gasteiger partial charge in [-0.3, -0.25) is 9.79 Å². The zero-order valence-electron chi connectivity index (χ0n) is 12.1. The molecule has 0 aromatic rings. The molecule has 6 heteroatoms. The first-order valence-corrected chi connectivity index (χ1v) is 6.14. The smallest absolute Gasteiger partial charge is 0.221 e. The van der Waals surface area contributed by atoms with Crippen molar-refractivity contribution in [2.24, 2.45) is 4.99 Å². The summed E-state index contributed by atoms with van der Waals surface area (Å²) in [7, 11) is 1.72. The average molecular weight is 370 g/mol.